The smallest absolute Gasteiger partial charge is 0.255 e. The molecule has 122 valence electrons. The highest BCUT2D eigenvalue weighted by atomic mass is 35.5. The number of ether oxygens (including phenoxy) is 1. The van der Waals surface area contributed by atoms with Crippen LogP contribution in [-0.2, 0) is 6.42 Å². The Morgan fingerprint density at radius 1 is 1.17 bits per heavy atom. The monoisotopic (exact) mass is 331 g/mol. The predicted octanol–water partition coefficient (Wildman–Crippen LogP) is 4.49. The van der Waals surface area contributed by atoms with E-state index in [-0.39, 0.29) is 5.91 Å². The lowest BCUT2D eigenvalue weighted by Gasteiger charge is -2.12. The molecule has 2 aromatic carbocycles. The highest BCUT2D eigenvalue weighted by Gasteiger charge is 2.13. The summed E-state index contributed by atoms with van der Waals surface area (Å²) in [6.45, 7) is 3.27. The van der Waals surface area contributed by atoms with Crippen LogP contribution >= 0.6 is 11.6 Å². The van der Waals surface area contributed by atoms with Gasteiger partial charge in [-0.15, -0.1) is 0 Å². The van der Waals surface area contributed by atoms with Crippen LogP contribution < -0.4 is 10.1 Å². The first-order valence-corrected chi connectivity index (χ1v) is 8.33. The average Bonchev–Trinajstić information content (AvgIpc) is 2.57. The number of halogens is 1. The van der Waals surface area contributed by atoms with E-state index in [1.807, 2.05) is 30.3 Å². The Balaban J connectivity index is 1.95. The maximum atomic E-state index is 12.4. The number of amides is 1. The molecular formula is C19H22ClNO2. The van der Waals surface area contributed by atoms with Crippen molar-refractivity contribution in [2.24, 2.45) is 0 Å². The van der Waals surface area contributed by atoms with E-state index in [1.54, 1.807) is 18.2 Å². The lowest BCUT2D eigenvalue weighted by molar-refractivity contribution is 0.0950. The zero-order chi connectivity index (χ0) is 16.5. The first-order valence-electron chi connectivity index (χ1n) is 7.95. The summed E-state index contributed by atoms with van der Waals surface area (Å²) in [6.07, 6.45) is 2.79. The van der Waals surface area contributed by atoms with Crippen LogP contribution in [0.5, 0.6) is 5.75 Å². The zero-order valence-corrected chi connectivity index (χ0v) is 14.1. The van der Waals surface area contributed by atoms with E-state index in [9.17, 15) is 4.79 Å². The molecule has 0 radical (unpaired) electrons. The summed E-state index contributed by atoms with van der Waals surface area (Å²) in [7, 11) is 0. The number of carbonyl (C=O) groups is 1. The maximum absolute atomic E-state index is 12.4. The lowest BCUT2D eigenvalue weighted by atomic mass is 10.1. The highest BCUT2D eigenvalue weighted by molar-refractivity contribution is 6.31. The average molecular weight is 332 g/mol. The fraction of sp³-hybridized carbons (Fsp3) is 0.316. The summed E-state index contributed by atoms with van der Waals surface area (Å²) in [4.78, 5) is 12.4. The Morgan fingerprint density at radius 2 is 1.96 bits per heavy atom. The normalized spacial score (nSPS) is 10.3. The third kappa shape index (κ3) is 5.61. The second kappa shape index (κ2) is 9.21. The van der Waals surface area contributed by atoms with Gasteiger partial charge in [-0.1, -0.05) is 55.3 Å². The Kier molecular flexibility index (Phi) is 6.95. The summed E-state index contributed by atoms with van der Waals surface area (Å²) in [5.74, 6) is 0.426. The van der Waals surface area contributed by atoms with Gasteiger partial charge in [0.2, 0.25) is 0 Å². The van der Waals surface area contributed by atoms with Gasteiger partial charge in [-0.2, -0.15) is 0 Å². The number of hydrogen-bond donors (Lipinski definition) is 1. The zero-order valence-electron chi connectivity index (χ0n) is 13.3. The largest absolute Gasteiger partial charge is 0.493 e. The molecule has 0 unspecified atom stereocenters. The van der Waals surface area contributed by atoms with E-state index in [2.05, 4.69) is 12.2 Å². The van der Waals surface area contributed by atoms with Crippen LogP contribution in [0.4, 0.5) is 0 Å². The van der Waals surface area contributed by atoms with Gasteiger partial charge < -0.3 is 10.1 Å². The van der Waals surface area contributed by atoms with Crippen molar-refractivity contribution >= 4 is 17.5 Å². The molecule has 1 amide bonds. The van der Waals surface area contributed by atoms with Crippen molar-refractivity contribution < 1.29 is 9.53 Å². The van der Waals surface area contributed by atoms with Crippen molar-refractivity contribution in [3.05, 3.63) is 64.7 Å². The molecule has 0 aromatic heterocycles. The van der Waals surface area contributed by atoms with Gasteiger partial charge in [0.15, 0.2) is 0 Å². The van der Waals surface area contributed by atoms with E-state index in [4.69, 9.17) is 16.3 Å². The fourth-order valence-corrected chi connectivity index (χ4v) is 2.36. The first-order chi connectivity index (χ1) is 11.2. The second-order valence-corrected chi connectivity index (χ2v) is 5.77. The molecule has 0 saturated heterocycles. The van der Waals surface area contributed by atoms with Gasteiger partial charge in [0.1, 0.15) is 5.75 Å². The maximum Gasteiger partial charge on any atom is 0.255 e. The van der Waals surface area contributed by atoms with Gasteiger partial charge in [-0.25, -0.2) is 0 Å². The molecule has 1 N–H and O–H groups in total. The number of rotatable bonds is 8. The van der Waals surface area contributed by atoms with Crippen molar-refractivity contribution in [1.82, 2.24) is 5.32 Å². The molecule has 0 atom stereocenters. The SMILES string of the molecule is CCCCOc1ccc(Cl)cc1C(=O)NCCc1ccccc1. The summed E-state index contributed by atoms with van der Waals surface area (Å²) >= 11 is 6.02. The van der Waals surface area contributed by atoms with Gasteiger partial charge in [0.25, 0.3) is 5.91 Å². The van der Waals surface area contributed by atoms with Crippen LogP contribution in [0.1, 0.15) is 35.7 Å². The molecule has 0 aliphatic carbocycles. The van der Waals surface area contributed by atoms with Gasteiger partial charge in [0.05, 0.1) is 12.2 Å². The van der Waals surface area contributed by atoms with Gasteiger partial charge in [-0.05, 0) is 36.6 Å². The highest BCUT2D eigenvalue weighted by Crippen LogP contribution is 2.23. The minimum Gasteiger partial charge on any atom is -0.493 e. The molecule has 3 nitrogen and oxygen atoms in total. The molecule has 0 bridgehead atoms. The lowest BCUT2D eigenvalue weighted by Crippen LogP contribution is -2.26. The van der Waals surface area contributed by atoms with Gasteiger partial charge in [-0.3, -0.25) is 4.79 Å². The summed E-state index contributed by atoms with van der Waals surface area (Å²) in [5.41, 5.74) is 1.68. The predicted molar refractivity (Wildman–Crippen MR) is 94.3 cm³/mol. The second-order valence-electron chi connectivity index (χ2n) is 5.33. The van der Waals surface area contributed by atoms with E-state index in [0.29, 0.717) is 29.5 Å². The van der Waals surface area contributed by atoms with Crippen molar-refractivity contribution in [3.8, 4) is 5.75 Å². The first kappa shape index (κ1) is 17.4. The van der Waals surface area contributed by atoms with Crippen LogP contribution in [0.3, 0.4) is 0 Å². The van der Waals surface area contributed by atoms with Crippen molar-refractivity contribution in [1.29, 1.82) is 0 Å². The molecule has 2 rings (SSSR count). The van der Waals surface area contributed by atoms with E-state index in [0.717, 1.165) is 19.3 Å². The quantitative estimate of drug-likeness (QED) is 0.724. The Labute approximate surface area is 142 Å². The third-order valence-electron chi connectivity index (χ3n) is 3.48. The Hall–Kier alpha value is -2.00. The number of unbranched alkanes of at least 4 members (excludes halogenated alkanes) is 1. The van der Waals surface area contributed by atoms with E-state index in [1.165, 1.54) is 5.56 Å². The summed E-state index contributed by atoms with van der Waals surface area (Å²) in [5, 5.41) is 3.46. The molecule has 2 aromatic rings. The van der Waals surface area contributed by atoms with Crippen LogP contribution in [-0.4, -0.2) is 19.1 Å². The molecular weight excluding hydrogens is 310 g/mol. The van der Waals surface area contributed by atoms with E-state index >= 15 is 0 Å². The van der Waals surface area contributed by atoms with Crippen molar-refractivity contribution in [2.75, 3.05) is 13.2 Å². The summed E-state index contributed by atoms with van der Waals surface area (Å²) in [6, 6.07) is 15.2. The van der Waals surface area contributed by atoms with Crippen molar-refractivity contribution in [3.63, 3.8) is 0 Å². The molecule has 0 aliphatic rings. The Morgan fingerprint density at radius 3 is 2.70 bits per heavy atom. The van der Waals surface area contributed by atoms with Crippen LogP contribution in [0.15, 0.2) is 48.5 Å². The third-order valence-corrected chi connectivity index (χ3v) is 3.72. The molecule has 4 heteroatoms. The minimum absolute atomic E-state index is 0.157. The van der Waals surface area contributed by atoms with Gasteiger partial charge >= 0.3 is 0 Å². The fourth-order valence-electron chi connectivity index (χ4n) is 2.19. The van der Waals surface area contributed by atoms with Crippen LogP contribution in [0.2, 0.25) is 5.02 Å². The molecule has 0 fully saturated rings. The molecule has 0 aliphatic heterocycles. The minimum atomic E-state index is -0.157. The van der Waals surface area contributed by atoms with Crippen molar-refractivity contribution in [2.45, 2.75) is 26.2 Å². The standard InChI is InChI=1S/C19H22ClNO2/c1-2-3-13-23-18-10-9-16(20)14-17(18)19(22)21-12-11-15-7-5-4-6-8-15/h4-10,14H,2-3,11-13H2,1H3,(H,21,22). The molecule has 23 heavy (non-hydrogen) atoms. The van der Waals surface area contributed by atoms with Crippen LogP contribution in [0.25, 0.3) is 0 Å². The Bertz CT molecular complexity index is 629. The number of carbonyl (C=O) groups excluding carboxylic acids is 1. The number of nitrogens with one attached hydrogen (secondary N) is 1. The van der Waals surface area contributed by atoms with Crippen LogP contribution in [0, 0.1) is 0 Å². The number of hydrogen-bond acceptors (Lipinski definition) is 2. The summed E-state index contributed by atoms with van der Waals surface area (Å²) < 4.78 is 5.70. The van der Waals surface area contributed by atoms with Gasteiger partial charge in [0, 0.05) is 11.6 Å². The topological polar surface area (TPSA) is 38.3 Å². The van der Waals surface area contributed by atoms with E-state index < -0.39 is 0 Å². The number of benzene rings is 2. The molecule has 0 spiro atoms. The molecule has 0 saturated carbocycles. The molecule has 0 heterocycles.